The van der Waals surface area contributed by atoms with Crippen LogP contribution >= 0.6 is 46.4 Å². The van der Waals surface area contributed by atoms with Crippen molar-refractivity contribution >= 4 is 58.2 Å². The average Bonchev–Trinajstić information content (AvgIpc) is 2.70. The first-order valence-electron chi connectivity index (χ1n) is 10.4. The largest absolute Gasteiger partial charge is 0.392 e. The van der Waals surface area contributed by atoms with Gasteiger partial charge in [0.1, 0.15) is 0 Å². The van der Waals surface area contributed by atoms with E-state index in [0.717, 1.165) is 12.8 Å². The molecule has 0 saturated heterocycles. The number of nitrogens with one attached hydrogen (secondary N) is 1. The minimum absolute atomic E-state index is 0.114. The van der Waals surface area contributed by atoms with Gasteiger partial charge in [0.05, 0.1) is 12.1 Å². The Bertz CT molecular complexity index is 959. The third-order valence-electron chi connectivity index (χ3n) is 5.40. The van der Waals surface area contributed by atoms with Crippen molar-refractivity contribution in [3.05, 3.63) is 67.6 Å². The number of rotatable bonds is 6. The van der Waals surface area contributed by atoms with Crippen LogP contribution in [-0.4, -0.2) is 46.6 Å². The van der Waals surface area contributed by atoms with Crippen molar-refractivity contribution in [3.8, 4) is 0 Å². The molecule has 2 N–H and O–H groups in total. The summed E-state index contributed by atoms with van der Waals surface area (Å²) >= 11 is 24.3. The lowest BCUT2D eigenvalue weighted by molar-refractivity contribution is 0.0411. The number of carbonyl (C=O) groups is 2. The summed E-state index contributed by atoms with van der Waals surface area (Å²) in [7, 11) is 0. The molecule has 1 aliphatic carbocycles. The van der Waals surface area contributed by atoms with E-state index in [9.17, 15) is 14.7 Å². The van der Waals surface area contributed by atoms with Gasteiger partial charge in [-0.3, -0.25) is 9.59 Å². The zero-order chi connectivity index (χ0) is 23.4. The Kier molecular flexibility index (Phi) is 8.70. The number of hydrogen-bond acceptors (Lipinski definition) is 3. The second-order valence-electron chi connectivity index (χ2n) is 8.05. The van der Waals surface area contributed by atoms with Crippen LogP contribution < -0.4 is 5.32 Å². The van der Waals surface area contributed by atoms with Gasteiger partial charge in [0.15, 0.2) is 0 Å². The minimum Gasteiger partial charge on any atom is -0.392 e. The van der Waals surface area contributed by atoms with E-state index in [1.54, 1.807) is 48.2 Å². The van der Waals surface area contributed by atoms with Gasteiger partial charge in [-0.05, 0) is 56.2 Å². The molecule has 5 nitrogen and oxygen atoms in total. The summed E-state index contributed by atoms with van der Waals surface area (Å²) in [5.41, 5.74) is 0.683. The molecule has 3 atom stereocenters. The lowest BCUT2D eigenvalue weighted by Crippen LogP contribution is -2.56. The predicted octanol–water partition coefficient (Wildman–Crippen LogP) is 5.86. The summed E-state index contributed by atoms with van der Waals surface area (Å²) < 4.78 is 0. The molecule has 1 aliphatic rings. The molecule has 0 heterocycles. The quantitative estimate of drug-likeness (QED) is 0.503. The normalized spacial score (nSPS) is 19.3. The maximum Gasteiger partial charge on any atom is 0.254 e. The number of aliphatic hydroxyl groups is 1. The van der Waals surface area contributed by atoms with Gasteiger partial charge in [0, 0.05) is 43.8 Å². The summed E-state index contributed by atoms with van der Waals surface area (Å²) in [6.07, 6.45) is 2.45. The molecule has 0 bridgehead atoms. The molecule has 9 heteroatoms. The van der Waals surface area contributed by atoms with E-state index in [-0.39, 0.29) is 30.4 Å². The Balaban J connectivity index is 1.88. The van der Waals surface area contributed by atoms with Crippen LogP contribution in [0.15, 0.2) is 36.4 Å². The van der Waals surface area contributed by atoms with Gasteiger partial charge in [-0.15, -0.1) is 0 Å². The number of amides is 2. The third-order valence-corrected chi connectivity index (χ3v) is 6.28. The molecular formula is C23H24Cl4N2O3. The van der Waals surface area contributed by atoms with Crippen molar-refractivity contribution in [1.82, 2.24) is 10.2 Å². The van der Waals surface area contributed by atoms with Crippen LogP contribution in [0.4, 0.5) is 0 Å². The summed E-state index contributed by atoms with van der Waals surface area (Å²) in [5.74, 6) is -0.617. The molecule has 0 aliphatic heterocycles. The SMILES string of the molecule is C[C@H](O)CN(C(=O)c1cc(Cl)cc(Cl)c1)[C@@H]1CCCC[C@H]1NC(=O)c1cc(Cl)cc(Cl)c1. The zero-order valence-electron chi connectivity index (χ0n) is 17.5. The Labute approximate surface area is 207 Å². The number of hydrogen-bond donors (Lipinski definition) is 2. The zero-order valence-corrected chi connectivity index (χ0v) is 20.5. The Morgan fingerprint density at radius 3 is 1.97 bits per heavy atom. The van der Waals surface area contributed by atoms with E-state index in [1.165, 1.54) is 0 Å². The molecule has 0 spiro atoms. The number of carbonyl (C=O) groups excluding carboxylic acids is 2. The van der Waals surface area contributed by atoms with Crippen LogP contribution in [0, 0.1) is 0 Å². The van der Waals surface area contributed by atoms with Crippen LogP contribution in [0.2, 0.25) is 20.1 Å². The second kappa shape index (κ2) is 11.1. The average molecular weight is 518 g/mol. The molecule has 0 radical (unpaired) electrons. The van der Waals surface area contributed by atoms with Crippen molar-refractivity contribution < 1.29 is 14.7 Å². The van der Waals surface area contributed by atoms with Crippen LogP contribution in [0.3, 0.4) is 0 Å². The first-order chi connectivity index (χ1) is 15.1. The van der Waals surface area contributed by atoms with Gasteiger partial charge >= 0.3 is 0 Å². The Morgan fingerprint density at radius 2 is 1.44 bits per heavy atom. The number of nitrogens with zero attached hydrogens (tertiary/aromatic N) is 1. The molecule has 1 saturated carbocycles. The highest BCUT2D eigenvalue weighted by Gasteiger charge is 2.35. The minimum atomic E-state index is -0.751. The highest BCUT2D eigenvalue weighted by Crippen LogP contribution is 2.28. The summed E-state index contributed by atoms with van der Waals surface area (Å²) in [4.78, 5) is 28.0. The summed E-state index contributed by atoms with van der Waals surface area (Å²) in [6, 6.07) is 8.71. The van der Waals surface area contributed by atoms with Gasteiger partial charge in [0.25, 0.3) is 11.8 Å². The van der Waals surface area contributed by atoms with Gasteiger partial charge in [-0.1, -0.05) is 59.2 Å². The van der Waals surface area contributed by atoms with E-state index in [4.69, 9.17) is 46.4 Å². The van der Waals surface area contributed by atoms with Gasteiger partial charge < -0.3 is 15.3 Å². The van der Waals surface area contributed by atoms with E-state index in [0.29, 0.717) is 44.1 Å². The van der Waals surface area contributed by atoms with Crippen LogP contribution in [0.5, 0.6) is 0 Å². The summed E-state index contributed by atoms with van der Waals surface area (Å²) in [5, 5.41) is 14.6. The van der Waals surface area contributed by atoms with Crippen molar-refractivity contribution in [2.24, 2.45) is 0 Å². The fourth-order valence-electron chi connectivity index (χ4n) is 4.09. The second-order valence-corrected chi connectivity index (χ2v) is 9.80. The van der Waals surface area contributed by atoms with Crippen LogP contribution in [0.25, 0.3) is 0 Å². The van der Waals surface area contributed by atoms with Crippen LogP contribution in [-0.2, 0) is 0 Å². The van der Waals surface area contributed by atoms with E-state index in [1.807, 2.05) is 0 Å². The molecule has 0 unspecified atom stereocenters. The maximum absolute atomic E-state index is 13.4. The lowest BCUT2D eigenvalue weighted by Gasteiger charge is -2.41. The number of aliphatic hydroxyl groups excluding tert-OH is 1. The van der Waals surface area contributed by atoms with Gasteiger partial charge in [0.2, 0.25) is 0 Å². The van der Waals surface area contributed by atoms with Crippen molar-refractivity contribution in [2.45, 2.75) is 50.8 Å². The first kappa shape index (κ1) is 25.1. The number of halogens is 4. The van der Waals surface area contributed by atoms with Gasteiger partial charge in [-0.2, -0.15) is 0 Å². The smallest absolute Gasteiger partial charge is 0.254 e. The highest BCUT2D eigenvalue weighted by molar-refractivity contribution is 6.35. The van der Waals surface area contributed by atoms with E-state index >= 15 is 0 Å². The van der Waals surface area contributed by atoms with Crippen molar-refractivity contribution in [3.63, 3.8) is 0 Å². The Hall–Kier alpha value is -1.50. The lowest BCUT2D eigenvalue weighted by atomic mass is 9.88. The van der Waals surface area contributed by atoms with Crippen molar-refractivity contribution in [2.75, 3.05) is 6.54 Å². The fourth-order valence-corrected chi connectivity index (χ4v) is 5.14. The molecule has 0 aromatic heterocycles. The molecular weight excluding hydrogens is 494 g/mol. The fraction of sp³-hybridized carbons (Fsp3) is 0.391. The van der Waals surface area contributed by atoms with E-state index in [2.05, 4.69) is 5.32 Å². The van der Waals surface area contributed by atoms with E-state index < -0.39 is 6.10 Å². The van der Waals surface area contributed by atoms with Crippen LogP contribution in [0.1, 0.15) is 53.3 Å². The maximum atomic E-state index is 13.4. The number of benzene rings is 2. The molecule has 2 aromatic rings. The van der Waals surface area contributed by atoms with Gasteiger partial charge in [-0.25, -0.2) is 0 Å². The molecule has 3 rings (SSSR count). The molecule has 2 aromatic carbocycles. The molecule has 1 fully saturated rings. The monoisotopic (exact) mass is 516 g/mol. The molecule has 172 valence electrons. The molecule has 2 amide bonds. The topological polar surface area (TPSA) is 69.6 Å². The first-order valence-corrected chi connectivity index (χ1v) is 11.9. The molecule has 32 heavy (non-hydrogen) atoms. The predicted molar refractivity (Wildman–Crippen MR) is 129 cm³/mol. The summed E-state index contributed by atoms with van der Waals surface area (Å²) in [6.45, 7) is 1.73. The standard InChI is InChI=1S/C23H24Cl4N2O3/c1-13(30)12-29(23(32)15-8-18(26)11-19(27)9-15)21-5-3-2-4-20(21)28-22(31)14-6-16(24)10-17(25)7-14/h6-11,13,20-21,30H,2-5,12H2,1H3,(H,28,31)/t13-,20+,21+/m0/s1. The Morgan fingerprint density at radius 1 is 0.938 bits per heavy atom. The van der Waals surface area contributed by atoms with Crippen molar-refractivity contribution in [1.29, 1.82) is 0 Å². The third kappa shape index (κ3) is 6.52. The highest BCUT2D eigenvalue weighted by atomic mass is 35.5.